The van der Waals surface area contributed by atoms with Gasteiger partial charge in [-0.3, -0.25) is 0 Å². The number of hydrogen-bond donors (Lipinski definition) is 1. The Morgan fingerprint density at radius 3 is 2.81 bits per heavy atom. The molecule has 0 unspecified atom stereocenters. The summed E-state index contributed by atoms with van der Waals surface area (Å²) in [5.41, 5.74) is 1.01. The van der Waals surface area contributed by atoms with E-state index in [4.69, 9.17) is 0 Å². The van der Waals surface area contributed by atoms with Crippen LogP contribution >= 0.6 is 11.8 Å². The quantitative estimate of drug-likeness (QED) is 0.826. The summed E-state index contributed by atoms with van der Waals surface area (Å²) in [5.74, 6) is 0.282. The van der Waals surface area contributed by atoms with Crippen LogP contribution in [0.15, 0.2) is 46.6 Å². The monoisotopic (exact) mass is 232 g/mol. The molecule has 1 N–H and O–H groups in total. The first-order chi connectivity index (χ1) is 7.79. The van der Waals surface area contributed by atoms with Gasteiger partial charge in [0.05, 0.1) is 4.90 Å². The van der Waals surface area contributed by atoms with Gasteiger partial charge in [-0.1, -0.05) is 30.8 Å². The SMILES string of the molecule is CCc1cc(Sc2ccccc2O)ncn1. The summed E-state index contributed by atoms with van der Waals surface area (Å²) in [4.78, 5) is 9.11. The highest BCUT2D eigenvalue weighted by atomic mass is 32.2. The lowest BCUT2D eigenvalue weighted by atomic mass is 10.3. The molecule has 0 aliphatic rings. The summed E-state index contributed by atoms with van der Waals surface area (Å²) in [6.45, 7) is 2.05. The summed E-state index contributed by atoms with van der Waals surface area (Å²) in [7, 11) is 0. The van der Waals surface area contributed by atoms with Gasteiger partial charge in [0.15, 0.2) is 0 Å². The minimum atomic E-state index is 0.282. The van der Waals surface area contributed by atoms with Crippen LogP contribution in [0.5, 0.6) is 5.75 Å². The Labute approximate surface area is 98.6 Å². The smallest absolute Gasteiger partial charge is 0.129 e. The number of aromatic hydroxyl groups is 1. The molecule has 1 heterocycles. The van der Waals surface area contributed by atoms with Gasteiger partial charge in [0.1, 0.15) is 17.1 Å². The molecule has 1 aromatic carbocycles. The molecule has 0 radical (unpaired) electrons. The van der Waals surface area contributed by atoms with Crippen molar-refractivity contribution in [3.63, 3.8) is 0 Å². The number of phenolic OH excluding ortho intramolecular Hbond substituents is 1. The zero-order valence-corrected chi connectivity index (χ0v) is 9.74. The van der Waals surface area contributed by atoms with Crippen LogP contribution in [0, 0.1) is 0 Å². The molecule has 2 aromatic rings. The van der Waals surface area contributed by atoms with Crippen molar-refractivity contribution in [3.8, 4) is 5.75 Å². The molecule has 0 bridgehead atoms. The molecule has 0 atom stereocenters. The zero-order chi connectivity index (χ0) is 11.4. The molecule has 1 aromatic heterocycles. The molecule has 0 aliphatic carbocycles. The van der Waals surface area contributed by atoms with Crippen LogP contribution in [0.1, 0.15) is 12.6 Å². The summed E-state index contributed by atoms with van der Waals surface area (Å²) < 4.78 is 0. The maximum Gasteiger partial charge on any atom is 0.129 e. The minimum absolute atomic E-state index is 0.282. The lowest BCUT2D eigenvalue weighted by Gasteiger charge is -2.03. The second kappa shape index (κ2) is 4.99. The molecule has 2 rings (SSSR count). The van der Waals surface area contributed by atoms with Gasteiger partial charge < -0.3 is 5.11 Å². The van der Waals surface area contributed by atoms with Crippen molar-refractivity contribution in [3.05, 3.63) is 42.4 Å². The Balaban J connectivity index is 2.24. The van der Waals surface area contributed by atoms with E-state index in [1.807, 2.05) is 18.2 Å². The molecule has 4 heteroatoms. The predicted molar refractivity (Wildman–Crippen MR) is 63.6 cm³/mol. The lowest BCUT2D eigenvalue weighted by Crippen LogP contribution is -1.89. The molecule has 82 valence electrons. The fraction of sp³-hybridized carbons (Fsp3) is 0.167. The van der Waals surface area contributed by atoms with Crippen LogP contribution in [0.4, 0.5) is 0 Å². The van der Waals surface area contributed by atoms with Crippen LogP contribution < -0.4 is 0 Å². The highest BCUT2D eigenvalue weighted by Gasteiger charge is 2.04. The fourth-order valence-corrected chi connectivity index (χ4v) is 2.12. The van der Waals surface area contributed by atoms with Crippen LogP contribution in [-0.4, -0.2) is 15.1 Å². The van der Waals surface area contributed by atoms with E-state index in [0.29, 0.717) is 0 Å². The highest BCUT2D eigenvalue weighted by Crippen LogP contribution is 2.32. The van der Waals surface area contributed by atoms with Crippen molar-refractivity contribution in [1.29, 1.82) is 0 Å². The van der Waals surface area contributed by atoms with Crippen molar-refractivity contribution >= 4 is 11.8 Å². The first kappa shape index (κ1) is 11.0. The summed E-state index contributed by atoms with van der Waals surface area (Å²) >= 11 is 1.44. The van der Waals surface area contributed by atoms with Crippen molar-refractivity contribution in [2.45, 2.75) is 23.3 Å². The highest BCUT2D eigenvalue weighted by molar-refractivity contribution is 7.99. The number of benzene rings is 1. The maximum absolute atomic E-state index is 9.63. The summed E-state index contributed by atoms with van der Waals surface area (Å²) in [5, 5.41) is 10.5. The summed E-state index contributed by atoms with van der Waals surface area (Å²) in [6.07, 6.45) is 2.44. The molecule has 0 amide bonds. The number of rotatable bonds is 3. The normalized spacial score (nSPS) is 10.3. The zero-order valence-electron chi connectivity index (χ0n) is 8.92. The van der Waals surface area contributed by atoms with E-state index in [-0.39, 0.29) is 5.75 Å². The van der Waals surface area contributed by atoms with Crippen molar-refractivity contribution in [2.24, 2.45) is 0 Å². The third-order valence-electron chi connectivity index (χ3n) is 2.14. The number of nitrogens with zero attached hydrogens (tertiary/aromatic N) is 2. The van der Waals surface area contributed by atoms with Crippen LogP contribution in [-0.2, 0) is 6.42 Å². The van der Waals surface area contributed by atoms with E-state index in [9.17, 15) is 5.11 Å². The third-order valence-corrected chi connectivity index (χ3v) is 3.14. The van der Waals surface area contributed by atoms with Gasteiger partial charge in [0, 0.05) is 5.69 Å². The van der Waals surface area contributed by atoms with E-state index in [2.05, 4.69) is 16.9 Å². The van der Waals surface area contributed by atoms with E-state index < -0.39 is 0 Å². The lowest BCUT2D eigenvalue weighted by molar-refractivity contribution is 0.462. The van der Waals surface area contributed by atoms with E-state index in [1.54, 1.807) is 18.5 Å². The molecule has 0 saturated carbocycles. The Hall–Kier alpha value is -1.55. The Morgan fingerprint density at radius 1 is 1.25 bits per heavy atom. The Kier molecular flexibility index (Phi) is 3.41. The number of aryl methyl sites for hydroxylation is 1. The van der Waals surface area contributed by atoms with E-state index >= 15 is 0 Å². The molecule has 0 aliphatic heterocycles. The molecule has 0 fully saturated rings. The molecule has 16 heavy (non-hydrogen) atoms. The number of phenols is 1. The standard InChI is InChI=1S/C12H12N2OS/c1-2-9-7-12(14-8-13-9)16-11-6-4-3-5-10(11)15/h3-8,15H,2H2,1H3. The van der Waals surface area contributed by atoms with E-state index in [0.717, 1.165) is 22.0 Å². The molecular weight excluding hydrogens is 220 g/mol. The van der Waals surface area contributed by atoms with Gasteiger partial charge >= 0.3 is 0 Å². The Morgan fingerprint density at radius 2 is 2.06 bits per heavy atom. The van der Waals surface area contributed by atoms with Gasteiger partial charge in [-0.25, -0.2) is 9.97 Å². The van der Waals surface area contributed by atoms with Gasteiger partial charge in [0.2, 0.25) is 0 Å². The van der Waals surface area contributed by atoms with Crippen molar-refractivity contribution < 1.29 is 5.11 Å². The largest absolute Gasteiger partial charge is 0.507 e. The van der Waals surface area contributed by atoms with Crippen molar-refractivity contribution in [2.75, 3.05) is 0 Å². The van der Waals surface area contributed by atoms with Gasteiger partial charge in [0.25, 0.3) is 0 Å². The van der Waals surface area contributed by atoms with Crippen molar-refractivity contribution in [1.82, 2.24) is 9.97 Å². The molecule has 0 spiro atoms. The first-order valence-electron chi connectivity index (χ1n) is 5.06. The van der Waals surface area contributed by atoms with Gasteiger partial charge in [-0.05, 0) is 24.6 Å². The number of hydrogen-bond acceptors (Lipinski definition) is 4. The second-order valence-corrected chi connectivity index (χ2v) is 4.33. The molecule has 3 nitrogen and oxygen atoms in total. The predicted octanol–water partition coefficient (Wildman–Crippen LogP) is 2.90. The topological polar surface area (TPSA) is 46.0 Å². The summed E-state index contributed by atoms with van der Waals surface area (Å²) in [6, 6.07) is 9.18. The van der Waals surface area contributed by atoms with Crippen LogP contribution in [0.2, 0.25) is 0 Å². The van der Waals surface area contributed by atoms with Crippen LogP contribution in [0.25, 0.3) is 0 Å². The van der Waals surface area contributed by atoms with Gasteiger partial charge in [-0.15, -0.1) is 0 Å². The number of aromatic nitrogens is 2. The van der Waals surface area contributed by atoms with E-state index in [1.165, 1.54) is 11.8 Å². The first-order valence-corrected chi connectivity index (χ1v) is 5.88. The molecular formula is C12H12N2OS. The average Bonchev–Trinajstić information content (AvgIpc) is 2.32. The molecule has 0 saturated heterocycles. The maximum atomic E-state index is 9.63. The second-order valence-electron chi connectivity index (χ2n) is 3.27. The number of para-hydroxylation sites is 1. The average molecular weight is 232 g/mol. The third kappa shape index (κ3) is 2.52. The fourth-order valence-electron chi connectivity index (χ4n) is 1.28. The van der Waals surface area contributed by atoms with Gasteiger partial charge in [-0.2, -0.15) is 0 Å². The van der Waals surface area contributed by atoms with Crippen LogP contribution in [0.3, 0.4) is 0 Å². The minimum Gasteiger partial charge on any atom is -0.507 e. The Bertz CT molecular complexity index is 488.